The molecule has 2 N–H and O–H groups in total. The molecule has 0 heterocycles. The van der Waals surface area contributed by atoms with E-state index in [4.69, 9.17) is 9.05 Å². The number of hydrogen-bond donors (Lipinski definition) is 2. The standard InChI is InChI=1S/C59H111N2O6P/c1-6-8-10-12-14-16-18-19-20-21-22-23-24-25-26-27-28-29-30-31-32-33-34-35-36-37-38-39-40-41-43-45-47-49-51-53-59(63)60-57(56-67-68(64,65)66-55-54-61(3,4)5)58(62)52-50-48-46-44-42-17-15-13-11-9-7-2/h11,13,18-19,21-22,42,44,50,52,57-58,62H,6-10,12,14-17,20,23-41,43,45-49,51,53-56H2,1-5H3,(H-,60,63,64,65)/b13-11+,19-18-,22-21-,44-42+,52-50+. The van der Waals surface area contributed by atoms with E-state index < -0.39 is 26.6 Å². The van der Waals surface area contributed by atoms with Gasteiger partial charge in [-0.1, -0.05) is 242 Å². The van der Waals surface area contributed by atoms with Crippen LogP contribution in [0, 0.1) is 0 Å². The zero-order valence-electron chi connectivity index (χ0n) is 45.3. The summed E-state index contributed by atoms with van der Waals surface area (Å²) in [5.74, 6) is -0.211. The van der Waals surface area contributed by atoms with Gasteiger partial charge in [-0.25, -0.2) is 0 Å². The number of phosphoric ester groups is 1. The second-order valence-electron chi connectivity index (χ2n) is 20.6. The summed E-state index contributed by atoms with van der Waals surface area (Å²) in [7, 11) is 1.24. The summed E-state index contributed by atoms with van der Waals surface area (Å²) in [6, 6.07) is -0.908. The maximum Gasteiger partial charge on any atom is 0.268 e. The zero-order chi connectivity index (χ0) is 49.9. The van der Waals surface area contributed by atoms with Gasteiger partial charge in [-0.05, 0) is 70.6 Å². The van der Waals surface area contributed by atoms with Crippen LogP contribution in [0.4, 0.5) is 0 Å². The maximum atomic E-state index is 12.9. The molecule has 0 saturated heterocycles. The Bertz CT molecular complexity index is 1290. The van der Waals surface area contributed by atoms with Crippen molar-refractivity contribution >= 4 is 13.7 Å². The Kier molecular flexibility index (Phi) is 48.8. The molecule has 0 aliphatic rings. The highest BCUT2D eigenvalue weighted by molar-refractivity contribution is 7.45. The first-order valence-corrected chi connectivity index (χ1v) is 30.1. The quantitative estimate of drug-likeness (QED) is 0.0272. The van der Waals surface area contributed by atoms with E-state index in [2.05, 4.69) is 67.8 Å². The number of quaternary nitrogens is 1. The van der Waals surface area contributed by atoms with E-state index >= 15 is 0 Å². The van der Waals surface area contributed by atoms with E-state index in [1.165, 1.54) is 180 Å². The predicted molar refractivity (Wildman–Crippen MR) is 293 cm³/mol. The van der Waals surface area contributed by atoms with Crippen molar-refractivity contribution in [3.8, 4) is 0 Å². The van der Waals surface area contributed by atoms with E-state index in [0.29, 0.717) is 17.4 Å². The lowest BCUT2D eigenvalue weighted by Crippen LogP contribution is -2.45. The largest absolute Gasteiger partial charge is 0.756 e. The predicted octanol–water partition coefficient (Wildman–Crippen LogP) is 16.7. The van der Waals surface area contributed by atoms with Crippen molar-refractivity contribution in [3.05, 3.63) is 60.8 Å². The molecule has 68 heavy (non-hydrogen) atoms. The van der Waals surface area contributed by atoms with Crippen LogP contribution in [0.25, 0.3) is 0 Å². The molecule has 0 saturated carbocycles. The smallest absolute Gasteiger partial charge is 0.268 e. The Morgan fingerprint density at radius 2 is 0.897 bits per heavy atom. The zero-order valence-corrected chi connectivity index (χ0v) is 46.2. The number of carbonyl (C=O) groups is 1. The SMILES string of the molecule is CCC/C=C/CC/C=C/CC/C=C/C(O)C(COP(=O)([O-])OCC[N+](C)(C)C)NC(=O)CCCCCCCCCCCCCCCCCCCCCCCCC/C=C\C/C=C\CCCCCCC. The van der Waals surface area contributed by atoms with Crippen LogP contribution in [-0.2, 0) is 18.4 Å². The number of aliphatic hydroxyl groups excluding tert-OH is 1. The highest BCUT2D eigenvalue weighted by Gasteiger charge is 2.23. The lowest BCUT2D eigenvalue weighted by molar-refractivity contribution is -0.870. The van der Waals surface area contributed by atoms with Crippen molar-refractivity contribution in [1.29, 1.82) is 0 Å². The van der Waals surface area contributed by atoms with Crippen LogP contribution in [0.2, 0.25) is 0 Å². The van der Waals surface area contributed by atoms with E-state index in [1.807, 2.05) is 27.2 Å². The number of hydrogen-bond acceptors (Lipinski definition) is 6. The molecule has 0 aromatic rings. The average molecular weight is 976 g/mol. The van der Waals surface area contributed by atoms with Gasteiger partial charge in [0, 0.05) is 6.42 Å². The third-order valence-electron chi connectivity index (χ3n) is 12.7. The van der Waals surface area contributed by atoms with Gasteiger partial charge in [0.1, 0.15) is 13.2 Å². The number of amides is 1. The van der Waals surface area contributed by atoms with Gasteiger partial charge in [-0.15, -0.1) is 0 Å². The number of allylic oxidation sites excluding steroid dienone is 9. The second-order valence-corrected chi connectivity index (χ2v) is 22.0. The van der Waals surface area contributed by atoms with Crippen LogP contribution in [-0.4, -0.2) is 68.5 Å². The molecule has 0 aromatic heterocycles. The Morgan fingerprint density at radius 1 is 0.515 bits per heavy atom. The normalized spacial score (nSPS) is 14.4. The molecule has 398 valence electrons. The van der Waals surface area contributed by atoms with Crippen molar-refractivity contribution in [3.63, 3.8) is 0 Å². The summed E-state index contributed by atoms with van der Waals surface area (Å²) in [6.07, 6.45) is 67.6. The van der Waals surface area contributed by atoms with E-state index in [1.54, 1.807) is 6.08 Å². The molecule has 0 radical (unpaired) electrons. The number of rotatable bonds is 52. The minimum Gasteiger partial charge on any atom is -0.756 e. The van der Waals surface area contributed by atoms with Crippen LogP contribution in [0.5, 0.6) is 0 Å². The number of unbranched alkanes of at least 4 members (excludes halogenated alkanes) is 31. The van der Waals surface area contributed by atoms with Gasteiger partial charge in [0.15, 0.2) is 0 Å². The van der Waals surface area contributed by atoms with Gasteiger partial charge < -0.3 is 28.8 Å². The second kappa shape index (κ2) is 50.2. The van der Waals surface area contributed by atoms with Crippen LogP contribution in [0.15, 0.2) is 60.8 Å². The van der Waals surface area contributed by atoms with Crippen molar-refractivity contribution in [2.75, 3.05) is 40.9 Å². The summed E-state index contributed by atoms with van der Waals surface area (Å²) in [5, 5.41) is 13.8. The first kappa shape index (κ1) is 66.2. The van der Waals surface area contributed by atoms with Crippen LogP contribution in [0.3, 0.4) is 0 Å². The van der Waals surface area contributed by atoms with Crippen LogP contribution < -0.4 is 10.2 Å². The molecule has 3 unspecified atom stereocenters. The molecular formula is C59H111N2O6P. The van der Waals surface area contributed by atoms with Crippen molar-refractivity contribution in [2.24, 2.45) is 0 Å². The minimum atomic E-state index is -4.60. The monoisotopic (exact) mass is 975 g/mol. The number of aliphatic hydroxyl groups is 1. The topological polar surface area (TPSA) is 108 Å². The van der Waals surface area contributed by atoms with Gasteiger partial charge >= 0.3 is 0 Å². The molecule has 0 fully saturated rings. The lowest BCUT2D eigenvalue weighted by Gasteiger charge is -2.29. The third-order valence-corrected chi connectivity index (χ3v) is 13.6. The fourth-order valence-electron chi connectivity index (χ4n) is 8.17. The summed E-state index contributed by atoms with van der Waals surface area (Å²) >= 11 is 0. The molecule has 8 nitrogen and oxygen atoms in total. The summed E-state index contributed by atoms with van der Waals surface area (Å²) in [4.78, 5) is 25.4. The Balaban J connectivity index is 3.94. The molecule has 0 spiro atoms. The molecule has 0 aromatic carbocycles. The number of likely N-dealkylation sites (N-methyl/N-ethyl adjacent to an activating group) is 1. The van der Waals surface area contributed by atoms with E-state index in [9.17, 15) is 19.4 Å². The Morgan fingerprint density at radius 3 is 1.32 bits per heavy atom. The van der Waals surface area contributed by atoms with Crippen molar-refractivity contribution < 1.29 is 32.9 Å². The summed E-state index contributed by atoms with van der Waals surface area (Å²) in [6.45, 7) is 4.54. The van der Waals surface area contributed by atoms with Gasteiger partial charge in [0.05, 0.1) is 39.9 Å². The van der Waals surface area contributed by atoms with E-state index in [-0.39, 0.29) is 12.5 Å². The lowest BCUT2D eigenvalue weighted by atomic mass is 10.0. The molecule has 0 bridgehead atoms. The summed E-state index contributed by atoms with van der Waals surface area (Å²) < 4.78 is 23.2. The number of phosphoric acid groups is 1. The highest BCUT2D eigenvalue weighted by atomic mass is 31.2. The Labute approximate surface area is 422 Å². The van der Waals surface area contributed by atoms with Gasteiger partial charge in [0.25, 0.3) is 7.82 Å². The van der Waals surface area contributed by atoms with E-state index in [0.717, 1.165) is 57.8 Å². The first-order chi connectivity index (χ1) is 33.0. The fourth-order valence-corrected chi connectivity index (χ4v) is 8.89. The molecule has 0 rings (SSSR count). The molecule has 0 aliphatic heterocycles. The average Bonchev–Trinajstić information content (AvgIpc) is 3.30. The minimum absolute atomic E-state index is 0.00943. The summed E-state index contributed by atoms with van der Waals surface area (Å²) in [5.41, 5.74) is 0. The third kappa shape index (κ3) is 52.0. The number of carbonyl (C=O) groups excluding carboxylic acids is 1. The van der Waals surface area contributed by atoms with Crippen molar-refractivity contribution in [1.82, 2.24) is 5.32 Å². The molecule has 3 atom stereocenters. The van der Waals surface area contributed by atoms with Gasteiger partial charge in [-0.2, -0.15) is 0 Å². The van der Waals surface area contributed by atoms with Crippen LogP contribution >= 0.6 is 7.82 Å². The highest BCUT2D eigenvalue weighted by Crippen LogP contribution is 2.38. The molecule has 0 aliphatic carbocycles. The maximum absolute atomic E-state index is 12.9. The fraction of sp³-hybridized carbons (Fsp3) is 0.814. The number of nitrogens with zero attached hydrogens (tertiary/aromatic N) is 1. The number of nitrogens with one attached hydrogen (secondary N) is 1. The first-order valence-electron chi connectivity index (χ1n) is 28.7. The van der Waals surface area contributed by atoms with Crippen LogP contribution in [0.1, 0.15) is 258 Å². The van der Waals surface area contributed by atoms with Gasteiger partial charge in [0.2, 0.25) is 5.91 Å². The molecule has 9 heteroatoms. The molecule has 1 amide bonds. The Hall–Kier alpha value is -1.80. The van der Waals surface area contributed by atoms with Crippen molar-refractivity contribution in [2.45, 2.75) is 270 Å². The molecular weight excluding hydrogens is 864 g/mol. The van der Waals surface area contributed by atoms with Gasteiger partial charge in [-0.3, -0.25) is 9.36 Å².